The van der Waals surface area contributed by atoms with Crippen LogP contribution in [-0.4, -0.2) is 42.8 Å². The zero-order valence-electron chi connectivity index (χ0n) is 12.3. The molecule has 8 heteroatoms. The molecule has 0 saturated carbocycles. The Morgan fingerprint density at radius 2 is 1.71 bits per heavy atom. The van der Waals surface area contributed by atoms with Crippen molar-refractivity contribution in [3.8, 4) is 0 Å². The first-order valence-electron chi connectivity index (χ1n) is 6.82. The van der Waals surface area contributed by atoms with Gasteiger partial charge in [0.15, 0.2) is 0 Å². The lowest BCUT2D eigenvalue weighted by Gasteiger charge is -2.32. The number of carbonyl (C=O) groups excluding carboxylic acids is 2. The molecular formula is C13H21F3N2O3. The topological polar surface area (TPSA) is 67.4 Å². The second-order valence-corrected chi connectivity index (χ2v) is 6.07. The minimum atomic E-state index is -5.02. The summed E-state index contributed by atoms with van der Waals surface area (Å²) < 4.78 is 42.3. The summed E-state index contributed by atoms with van der Waals surface area (Å²) in [6.45, 7) is 6.04. The summed E-state index contributed by atoms with van der Waals surface area (Å²) in [5.41, 5.74) is -0.828. The number of esters is 1. The number of halogens is 3. The Morgan fingerprint density at radius 1 is 1.19 bits per heavy atom. The van der Waals surface area contributed by atoms with Crippen molar-refractivity contribution < 1.29 is 27.5 Å². The van der Waals surface area contributed by atoms with Crippen LogP contribution in [-0.2, 0) is 14.3 Å². The molecule has 21 heavy (non-hydrogen) atoms. The Labute approximate surface area is 121 Å². The molecule has 122 valence electrons. The van der Waals surface area contributed by atoms with E-state index in [-0.39, 0.29) is 5.92 Å². The molecule has 1 fully saturated rings. The molecule has 2 N–H and O–H groups in total. The molecule has 0 spiro atoms. The standard InChI is InChI=1S/C13H21F3N2O3/c1-12(2,3)21-10(19)9(8-4-6-17-7-5-8)18-11(20)13(14,15)16/h8-9,17H,4-7H2,1-3H3,(H,18,20). The predicted octanol–water partition coefficient (Wildman–Crippen LogP) is 1.37. The first kappa shape index (κ1) is 17.7. The maximum atomic E-state index is 12.4. The van der Waals surface area contributed by atoms with E-state index in [4.69, 9.17) is 4.74 Å². The van der Waals surface area contributed by atoms with Gasteiger partial charge in [0.05, 0.1) is 0 Å². The number of hydrogen-bond donors (Lipinski definition) is 2. The van der Waals surface area contributed by atoms with E-state index in [1.165, 1.54) is 0 Å². The van der Waals surface area contributed by atoms with Crippen LogP contribution in [0.25, 0.3) is 0 Å². The number of amides is 1. The molecule has 5 nitrogen and oxygen atoms in total. The fourth-order valence-electron chi connectivity index (χ4n) is 2.14. The smallest absolute Gasteiger partial charge is 0.458 e. The summed E-state index contributed by atoms with van der Waals surface area (Å²) >= 11 is 0. The summed E-state index contributed by atoms with van der Waals surface area (Å²) in [6, 6.07) is -1.28. The second-order valence-electron chi connectivity index (χ2n) is 6.07. The maximum absolute atomic E-state index is 12.4. The molecule has 0 aliphatic carbocycles. The minimum absolute atomic E-state index is 0.368. The summed E-state index contributed by atoms with van der Waals surface area (Å²) in [4.78, 5) is 23.2. The molecule has 1 aliphatic rings. The van der Waals surface area contributed by atoms with Crippen LogP contribution in [0.1, 0.15) is 33.6 Å². The van der Waals surface area contributed by atoms with E-state index < -0.39 is 29.7 Å². The quantitative estimate of drug-likeness (QED) is 0.773. The summed E-state index contributed by atoms with van der Waals surface area (Å²) in [6.07, 6.45) is -4.02. The minimum Gasteiger partial charge on any atom is -0.458 e. The van der Waals surface area contributed by atoms with Gasteiger partial charge in [-0.3, -0.25) is 4.79 Å². The molecule has 1 aliphatic heterocycles. The van der Waals surface area contributed by atoms with Crippen LogP contribution < -0.4 is 10.6 Å². The van der Waals surface area contributed by atoms with E-state index in [0.717, 1.165) is 0 Å². The first-order chi connectivity index (χ1) is 9.50. The lowest BCUT2D eigenvalue weighted by Crippen LogP contribution is -2.53. The number of hydrogen-bond acceptors (Lipinski definition) is 4. The Bertz CT molecular complexity index is 385. The Kier molecular flexibility index (Phi) is 5.61. The number of carbonyl (C=O) groups is 2. The average molecular weight is 310 g/mol. The lowest BCUT2D eigenvalue weighted by molar-refractivity contribution is -0.178. The van der Waals surface area contributed by atoms with Crippen molar-refractivity contribution in [2.24, 2.45) is 5.92 Å². The van der Waals surface area contributed by atoms with Crippen LogP contribution in [0.15, 0.2) is 0 Å². The van der Waals surface area contributed by atoms with E-state index in [9.17, 15) is 22.8 Å². The van der Waals surface area contributed by atoms with Gasteiger partial charge in [0, 0.05) is 0 Å². The Morgan fingerprint density at radius 3 is 2.14 bits per heavy atom. The molecule has 1 heterocycles. The Hall–Kier alpha value is -1.31. The van der Waals surface area contributed by atoms with Gasteiger partial charge in [-0.1, -0.05) is 0 Å². The van der Waals surface area contributed by atoms with Crippen LogP contribution >= 0.6 is 0 Å². The third-order valence-electron chi connectivity index (χ3n) is 3.06. The normalized spacial score (nSPS) is 19.0. The van der Waals surface area contributed by atoms with Gasteiger partial charge in [-0.15, -0.1) is 0 Å². The van der Waals surface area contributed by atoms with Crippen LogP contribution in [0, 0.1) is 5.92 Å². The van der Waals surface area contributed by atoms with Gasteiger partial charge in [0.1, 0.15) is 11.6 Å². The summed E-state index contributed by atoms with van der Waals surface area (Å²) in [7, 11) is 0. The van der Waals surface area contributed by atoms with Crippen molar-refractivity contribution in [1.29, 1.82) is 0 Å². The van der Waals surface area contributed by atoms with Crippen LogP contribution in [0.5, 0.6) is 0 Å². The van der Waals surface area contributed by atoms with E-state index >= 15 is 0 Å². The number of piperidine rings is 1. The van der Waals surface area contributed by atoms with Gasteiger partial charge in [-0.2, -0.15) is 13.2 Å². The van der Waals surface area contributed by atoms with Crippen molar-refractivity contribution in [3.05, 3.63) is 0 Å². The van der Waals surface area contributed by atoms with Crippen LogP contribution in [0.3, 0.4) is 0 Å². The molecule has 0 radical (unpaired) electrons. The maximum Gasteiger partial charge on any atom is 0.471 e. The highest BCUT2D eigenvalue weighted by Gasteiger charge is 2.43. The van der Waals surface area contributed by atoms with Crippen LogP contribution in [0.2, 0.25) is 0 Å². The highest BCUT2D eigenvalue weighted by molar-refractivity contribution is 5.87. The highest BCUT2D eigenvalue weighted by atomic mass is 19.4. The fraction of sp³-hybridized carbons (Fsp3) is 0.846. The van der Waals surface area contributed by atoms with Gasteiger partial charge in [0.2, 0.25) is 0 Å². The molecule has 0 aromatic rings. The largest absolute Gasteiger partial charge is 0.471 e. The lowest BCUT2D eigenvalue weighted by atomic mass is 9.90. The number of ether oxygens (including phenoxy) is 1. The van der Waals surface area contributed by atoms with Gasteiger partial charge in [0.25, 0.3) is 0 Å². The average Bonchev–Trinajstić information content (AvgIpc) is 2.33. The Balaban J connectivity index is 2.83. The second kappa shape index (κ2) is 6.64. The van der Waals surface area contributed by atoms with Gasteiger partial charge in [-0.25, -0.2) is 4.79 Å². The molecule has 1 amide bonds. The molecule has 1 atom stereocenters. The zero-order valence-corrected chi connectivity index (χ0v) is 12.3. The van der Waals surface area contributed by atoms with E-state index in [1.807, 2.05) is 0 Å². The predicted molar refractivity (Wildman–Crippen MR) is 69.4 cm³/mol. The number of rotatable bonds is 3. The van der Waals surface area contributed by atoms with Crippen LogP contribution in [0.4, 0.5) is 13.2 Å². The van der Waals surface area contributed by atoms with Crippen molar-refractivity contribution in [2.45, 2.75) is 51.4 Å². The highest BCUT2D eigenvalue weighted by Crippen LogP contribution is 2.22. The summed E-state index contributed by atoms with van der Waals surface area (Å²) in [5.74, 6) is -3.31. The molecule has 1 unspecified atom stereocenters. The SMILES string of the molecule is CC(C)(C)OC(=O)C(NC(=O)C(F)(F)F)C1CCNCC1. The fourth-order valence-corrected chi connectivity index (χ4v) is 2.14. The first-order valence-corrected chi connectivity index (χ1v) is 6.82. The number of nitrogens with one attached hydrogen (secondary N) is 2. The summed E-state index contributed by atoms with van der Waals surface area (Å²) in [5, 5.41) is 4.84. The van der Waals surface area contributed by atoms with Gasteiger partial charge >= 0.3 is 18.1 Å². The van der Waals surface area contributed by atoms with Crippen molar-refractivity contribution in [1.82, 2.24) is 10.6 Å². The third-order valence-corrected chi connectivity index (χ3v) is 3.06. The van der Waals surface area contributed by atoms with Crippen molar-refractivity contribution in [2.75, 3.05) is 13.1 Å². The molecule has 1 saturated heterocycles. The van der Waals surface area contributed by atoms with Gasteiger partial charge in [-0.05, 0) is 52.6 Å². The zero-order chi connectivity index (χ0) is 16.3. The molecule has 0 bridgehead atoms. The van der Waals surface area contributed by atoms with Crippen molar-refractivity contribution in [3.63, 3.8) is 0 Å². The molecule has 0 aromatic heterocycles. The van der Waals surface area contributed by atoms with E-state index in [0.29, 0.717) is 25.9 Å². The van der Waals surface area contributed by atoms with Crippen molar-refractivity contribution >= 4 is 11.9 Å². The van der Waals surface area contributed by atoms with E-state index in [2.05, 4.69) is 5.32 Å². The number of alkyl halides is 3. The van der Waals surface area contributed by atoms with Gasteiger partial charge < -0.3 is 15.4 Å². The molecule has 0 aromatic carbocycles. The third kappa shape index (κ3) is 5.91. The van der Waals surface area contributed by atoms with E-state index in [1.54, 1.807) is 26.1 Å². The molecular weight excluding hydrogens is 289 g/mol. The monoisotopic (exact) mass is 310 g/mol. The molecule has 1 rings (SSSR count).